The van der Waals surface area contributed by atoms with Crippen LogP contribution in [0.15, 0.2) is 24.3 Å². The Kier molecular flexibility index (Phi) is 5.60. The third kappa shape index (κ3) is 4.45. The fraction of sp³-hybridized carbons (Fsp3) is 0.529. The van der Waals surface area contributed by atoms with Gasteiger partial charge in [0.25, 0.3) is 0 Å². The third-order valence-corrected chi connectivity index (χ3v) is 3.82. The summed E-state index contributed by atoms with van der Waals surface area (Å²) in [5.41, 5.74) is -0.491. The summed E-state index contributed by atoms with van der Waals surface area (Å²) in [6, 6.07) is 7.30. The molecule has 0 radical (unpaired) electrons. The second-order valence-electron chi connectivity index (χ2n) is 6.00. The molecule has 2 N–H and O–H groups in total. The molecule has 0 atom stereocenters. The molecule has 23 heavy (non-hydrogen) atoms. The first-order valence-electron chi connectivity index (χ1n) is 7.80. The van der Waals surface area contributed by atoms with Crippen LogP contribution in [0.4, 0.5) is 0 Å². The predicted molar refractivity (Wildman–Crippen MR) is 84.5 cm³/mol. The molecule has 0 aromatic heterocycles. The number of ether oxygens (including phenoxy) is 2. The molecule has 0 saturated carbocycles. The van der Waals surface area contributed by atoms with E-state index in [1.165, 1.54) is 0 Å². The summed E-state index contributed by atoms with van der Waals surface area (Å²) in [7, 11) is 0. The van der Waals surface area contributed by atoms with Gasteiger partial charge in [-0.2, -0.15) is 0 Å². The quantitative estimate of drug-likeness (QED) is 0.834. The maximum Gasteiger partial charge on any atom is 0.329 e. The largest absolute Gasteiger partial charge is 0.491 e. The van der Waals surface area contributed by atoms with Gasteiger partial charge >= 0.3 is 5.97 Å². The van der Waals surface area contributed by atoms with E-state index in [4.69, 9.17) is 9.47 Å². The van der Waals surface area contributed by atoms with Crippen LogP contribution in [0, 0.1) is 0 Å². The maximum absolute atomic E-state index is 12.4. The average Bonchev–Trinajstić information content (AvgIpc) is 2.49. The van der Waals surface area contributed by atoms with Crippen molar-refractivity contribution in [2.45, 2.75) is 44.8 Å². The summed E-state index contributed by atoms with van der Waals surface area (Å²) in [6.45, 7) is 4.50. The van der Waals surface area contributed by atoms with E-state index in [1.54, 1.807) is 0 Å². The van der Waals surface area contributed by atoms with Crippen LogP contribution in [0.3, 0.4) is 0 Å². The molecule has 0 spiro atoms. The minimum Gasteiger partial charge on any atom is -0.491 e. The second-order valence-corrected chi connectivity index (χ2v) is 6.00. The molecule has 6 heteroatoms. The number of amides is 1. The molecule has 0 unspecified atom stereocenters. The molecule has 1 aliphatic rings. The molecule has 126 valence electrons. The zero-order valence-electron chi connectivity index (χ0n) is 13.5. The number of aliphatic carboxylic acids is 1. The summed E-state index contributed by atoms with van der Waals surface area (Å²) in [5.74, 6) is -0.691. The number of carbonyl (C=O) groups excluding carboxylic acids is 1. The van der Waals surface area contributed by atoms with Crippen molar-refractivity contribution >= 4 is 11.9 Å². The lowest BCUT2D eigenvalue weighted by molar-refractivity contribution is -0.152. The fourth-order valence-electron chi connectivity index (χ4n) is 2.62. The van der Waals surface area contributed by atoms with E-state index in [1.807, 2.05) is 38.1 Å². The molecule has 1 amide bonds. The van der Waals surface area contributed by atoms with Crippen molar-refractivity contribution in [1.29, 1.82) is 0 Å². The van der Waals surface area contributed by atoms with Crippen molar-refractivity contribution in [2.24, 2.45) is 0 Å². The van der Waals surface area contributed by atoms with E-state index in [2.05, 4.69) is 5.32 Å². The van der Waals surface area contributed by atoms with E-state index in [-0.39, 0.29) is 31.3 Å². The minimum atomic E-state index is -1.23. The Hall–Kier alpha value is -2.08. The summed E-state index contributed by atoms with van der Waals surface area (Å²) in [4.78, 5) is 23.9. The Morgan fingerprint density at radius 3 is 2.57 bits per heavy atom. The van der Waals surface area contributed by atoms with E-state index in [9.17, 15) is 14.7 Å². The van der Waals surface area contributed by atoms with Crippen molar-refractivity contribution in [3.8, 4) is 5.75 Å². The molecular formula is C17H23NO5. The molecular weight excluding hydrogens is 298 g/mol. The SMILES string of the molecule is CC(C)Oc1ccccc1CC(=O)NC1(C(=O)O)CCOCC1. The van der Waals surface area contributed by atoms with Crippen LogP contribution >= 0.6 is 0 Å². The number of carbonyl (C=O) groups is 2. The number of hydrogen-bond donors (Lipinski definition) is 2. The lowest BCUT2D eigenvalue weighted by Crippen LogP contribution is -2.57. The standard InChI is InChI=1S/C17H23NO5/c1-12(2)23-14-6-4-3-5-13(14)11-15(19)18-17(16(20)21)7-9-22-10-8-17/h3-6,12H,7-11H2,1-2H3,(H,18,19)(H,20,21). The van der Waals surface area contributed by atoms with Crippen molar-refractivity contribution in [3.63, 3.8) is 0 Å². The van der Waals surface area contributed by atoms with Gasteiger partial charge < -0.3 is 19.9 Å². The van der Waals surface area contributed by atoms with Crippen LogP contribution in [0.25, 0.3) is 0 Å². The van der Waals surface area contributed by atoms with Crippen LogP contribution in [0.5, 0.6) is 5.75 Å². The van der Waals surface area contributed by atoms with Crippen molar-refractivity contribution in [3.05, 3.63) is 29.8 Å². The summed E-state index contributed by atoms with van der Waals surface area (Å²) in [5, 5.41) is 12.2. The van der Waals surface area contributed by atoms with Gasteiger partial charge in [0, 0.05) is 31.6 Å². The Labute approximate surface area is 135 Å². The molecule has 1 saturated heterocycles. The lowest BCUT2D eigenvalue weighted by Gasteiger charge is -2.34. The first-order chi connectivity index (χ1) is 10.9. The predicted octanol–water partition coefficient (Wildman–Crippen LogP) is 1.77. The smallest absolute Gasteiger partial charge is 0.329 e. The van der Waals surface area contributed by atoms with E-state index < -0.39 is 11.5 Å². The van der Waals surface area contributed by atoms with Gasteiger partial charge in [0.2, 0.25) is 5.91 Å². The van der Waals surface area contributed by atoms with Gasteiger partial charge in [0.05, 0.1) is 12.5 Å². The molecule has 6 nitrogen and oxygen atoms in total. The number of para-hydroxylation sites is 1. The molecule has 1 aromatic carbocycles. The highest BCUT2D eigenvalue weighted by molar-refractivity contribution is 5.88. The van der Waals surface area contributed by atoms with Gasteiger partial charge in [-0.15, -0.1) is 0 Å². The minimum absolute atomic E-state index is 0.0000614. The average molecular weight is 321 g/mol. The van der Waals surface area contributed by atoms with Crippen LogP contribution in [-0.4, -0.2) is 41.8 Å². The van der Waals surface area contributed by atoms with Crippen LogP contribution in [-0.2, 0) is 20.7 Å². The summed E-state index contributed by atoms with van der Waals surface area (Å²) < 4.78 is 10.9. The first-order valence-corrected chi connectivity index (χ1v) is 7.80. The van der Waals surface area contributed by atoms with Crippen molar-refractivity contribution < 1.29 is 24.2 Å². The van der Waals surface area contributed by atoms with Crippen LogP contribution < -0.4 is 10.1 Å². The summed E-state index contributed by atoms with van der Waals surface area (Å²) in [6.07, 6.45) is 0.634. The third-order valence-electron chi connectivity index (χ3n) is 3.82. The Bertz CT molecular complexity index is 564. The first kappa shape index (κ1) is 17.3. The zero-order chi connectivity index (χ0) is 16.9. The van der Waals surface area contributed by atoms with E-state index >= 15 is 0 Å². The molecule has 1 fully saturated rings. The number of carboxylic acids is 1. The number of carboxylic acid groups (broad SMARTS) is 1. The Morgan fingerprint density at radius 2 is 1.96 bits per heavy atom. The number of nitrogens with one attached hydrogen (secondary N) is 1. The van der Waals surface area contributed by atoms with E-state index in [0.29, 0.717) is 19.0 Å². The molecule has 2 rings (SSSR count). The van der Waals surface area contributed by atoms with Gasteiger partial charge in [-0.1, -0.05) is 18.2 Å². The van der Waals surface area contributed by atoms with E-state index in [0.717, 1.165) is 5.56 Å². The molecule has 1 aliphatic heterocycles. The lowest BCUT2D eigenvalue weighted by atomic mass is 9.89. The van der Waals surface area contributed by atoms with Crippen LogP contribution in [0.1, 0.15) is 32.3 Å². The van der Waals surface area contributed by atoms with Crippen LogP contribution in [0.2, 0.25) is 0 Å². The highest BCUT2D eigenvalue weighted by atomic mass is 16.5. The van der Waals surface area contributed by atoms with Crippen molar-refractivity contribution in [2.75, 3.05) is 13.2 Å². The molecule has 1 heterocycles. The fourth-order valence-corrected chi connectivity index (χ4v) is 2.62. The van der Waals surface area contributed by atoms with Gasteiger partial charge in [0.1, 0.15) is 11.3 Å². The second kappa shape index (κ2) is 7.46. The van der Waals surface area contributed by atoms with Gasteiger partial charge in [-0.05, 0) is 19.9 Å². The number of rotatable bonds is 6. The topological polar surface area (TPSA) is 84.9 Å². The molecule has 0 bridgehead atoms. The zero-order valence-corrected chi connectivity index (χ0v) is 13.5. The monoisotopic (exact) mass is 321 g/mol. The Balaban J connectivity index is 2.08. The van der Waals surface area contributed by atoms with Gasteiger partial charge in [-0.25, -0.2) is 4.79 Å². The summed E-state index contributed by atoms with van der Waals surface area (Å²) >= 11 is 0. The maximum atomic E-state index is 12.4. The number of benzene rings is 1. The number of hydrogen-bond acceptors (Lipinski definition) is 4. The highest BCUT2D eigenvalue weighted by Gasteiger charge is 2.41. The molecule has 0 aliphatic carbocycles. The molecule has 1 aromatic rings. The Morgan fingerprint density at radius 1 is 1.30 bits per heavy atom. The van der Waals surface area contributed by atoms with Crippen molar-refractivity contribution in [1.82, 2.24) is 5.32 Å². The van der Waals surface area contributed by atoms with Gasteiger partial charge in [-0.3, -0.25) is 4.79 Å². The normalized spacial score (nSPS) is 16.8. The highest BCUT2D eigenvalue weighted by Crippen LogP contribution is 2.23. The van der Waals surface area contributed by atoms with Gasteiger partial charge in [0.15, 0.2) is 0 Å².